The van der Waals surface area contributed by atoms with E-state index in [1.54, 1.807) is 13.0 Å². The molecule has 0 aliphatic heterocycles. The first-order valence-electron chi connectivity index (χ1n) is 4.65. The molecule has 91 valence electrons. The summed E-state index contributed by atoms with van der Waals surface area (Å²) < 4.78 is 20.0. The SMILES string of the molecule is Cc1cc(=O)oc2cc(OP(=O)(O)O)ccc12.[Na]. The molecule has 8 heteroatoms. The van der Waals surface area contributed by atoms with Crippen molar-refractivity contribution in [3.05, 3.63) is 40.2 Å². The van der Waals surface area contributed by atoms with Gasteiger partial charge in [0.05, 0.1) is 0 Å². The summed E-state index contributed by atoms with van der Waals surface area (Å²) >= 11 is 0. The van der Waals surface area contributed by atoms with Crippen LogP contribution in [-0.2, 0) is 4.57 Å². The fourth-order valence-corrected chi connectivity index (χ4v) is 1.89. The van der Waals surface area contributed by atoms with Crippen LogP contribution >= 0.6 is 7.82 Å². The Morgan fingerprint density at radius 3 is 2.56 bits per heavy atom. The van der Waals surface area contributed by atoms with Crippen molar-refractivity contribution in [1.29, 1.82) is 0 Å². The molecule has 1 aromatic heterocycles. The van der Waals surface area contributed by atoms with Crippen LogP contribution in [0.25, 0.3) is 11.0 Å². The zero-order chi connectivity index (χ0) is 12.6. The number of phosphoric acid groups is 1. The number of aryl methyl sites for hydroxylation is 1. The first kappa shape index (κ1) is 15.4. The largest absolute Gasteiger partial charge is 0.524 e. The molecule has 1 radical (unpaired) electrons. The number of rotatable bonds is 2. The predicted octanol–water partition coefficient (Wildman–Crippen LogP) is 1.19. The first-order chi connectivity index (χ1) is 7.85. The van der Waals surface area contributed by atoms with Crippen LogP contribution < -0.4 is 10.1 Å². The molecule has 0 bridgehead atoms. The third-order valence-electron chi connectivity index (χ3n) is 2.15. The fraction of sp³-hybridized carbons (Fsp3) is 0.100. The van der Waals surface area contributed by atoms with E-state index < -0.39 is 13.4 Å². The Labute approximate surface area is 124 Å². The Morgan fingerprint density at radius 1 is 1.28 bits per heavy atom. The summed E-state index contributed by atoms with van der Waals surface area (Å²) in [5.41, 5.74) is 0.420. The zero-order valence-corrected chi connectivity index (χ0v) is 12.7. The summed E-state index contributed by atoms with van der Waals surface area (Å²) in [6.07, 6.45) is 0. The van der Waals surface area contributed by atoms with Gasteiger partial charge < -0.3 is 8.94 Å². The summed E-state index contributed by atoms with van der Waals surface area (Å²) in [5.74, 6) is -0.0559. The molecule has 1 aromatic carbocycles. The van der Waals surface area contributed by atoms with Crippen LogP contribution in [0.3, 0.4) is 0 Å². The van der Waals surface area contributed by atoms with Crippen molar-refractivity contribution in [2.24, 2.45) is 0 Å². The fourth-order valence-electron chi connectivity index (χ4n) is 1.50. The van der Waals surface area contributed by atoms with Crippen LogP contribution in [0.2, 0.25) is 0 Å². The van der Waals surface area contributed by atoms with Crippen molar-refractivity contribution in [3.63, 3.8) is 0 Å². The van der Waals surface area contributed by atoms with Crippen LogP contribution in [0.5, 0.6) is 5.75 Å². The van der Waals surface area contributed by atoms with Gasteiger partial charge in [-0.15, -0.1) is 0 Å². The molecule has 0 amide bonds. The van der Waals surface area contributed by atoms with Crippen LogP contribution in [0, 0.1) is 6.92 Å². The molecule has 0 aliphatic rings. The third kappa shape index (κ3) is 3.68. The maximum absolute atomic E-state index is 11.1. The van der Waals surface area contributed by atoms with E-state index in [-0.39, 0.29) is 40.9 Å². The molecule has 0 saturated heterocycles. The van der Waals surface area contributed by atoms with E-state index in [0.29, 0.717) is 5.39 Å². The molecule has 0 aliphatic carbocycles. The van der Waals surface area contributed by atoms with Crippen LogP contribution in [0.15, 0.2) is 33.5 Å². The summed E-state index contributed by atoms with van der Waals surface area (Å²) in [5, 5.41) is 0.683. The second kappa shape index (κ2) is 5.57. The van der Waals surface area contributed by atoms with E-state index in [1.807, 2.05) is 0 Å². The number of fused-ring (bicyclic) bond motifs is 1. The molecule has 18 heavy (non-hydrogen) atoms. The monoisotopic (exact) mass is 279 g/mol. The minimum absolute atomic E-state index is 0. The van der Waals surface area contributed by atoms with Gasteiger partial charge >= 0.3 is 13.4 Å². The van der Waals surface area contributed by atoms with E-state index in [9.17, 15) is 9.36 Å². The predicted molar refractivity (Wildman–Crippen MR) is 65.6 cm³/mol. The summed E-state index contributed by atoms with van der Waals surface area (Å²) in [4.78, 5) is 28.4. The van der Waals surface area contributed by atoms with Gasteiger partial charge in [-0.3, -0.25) is 9.79 Å². The van der Waals surface area contributed by atoms with Gasteiger partial charge in [0.1, 0.15) is 11.3 Å². The molecule has 0 atom stereocenters. The Morgan fingerprint density at radius 2 is 1.94 bits per heavy atom. The van der Waals surface area contributed by atoms with Gasteiger partial charge in [-0.05, 0) is 24.6 Å². The van der Waals surface area contributed by atoms with Crippen LogP contribution in [-0.4, -0.2) is 39.3 Å². The average Bonchev–Trinajstić information content (AvgIpc) is 2.13. The summed E-state index contributed by atoms with van der Waals surface area (Å²) in [6.45, 7) is 1.74. The molecular formula is C10H9NaO6P. The Balaban J connectivity index is 0.00000162. The number of hydrogen-bond donors (Lipinski definition) is 2. The van der Waals surface area contributed by atoms with Crippen LogP contribution in [0.1, 0.15) is 5.56 Å². The maximum atomic E-state index is 11.1. The number of benzene rings is 1. The van der Waals surface area contributed by atoms with Gasteiger partial charge in [0.25, 0.3) is 0 Å². The Bertz CT molecular complexity index is 674. The maximum Gasteiger partial charge on any atom is 0.524 e. The normalized spacial score (nSPS) is 11.1. The van der Waals surface area contributed by atoms with Gasteiger partial charge in [0, 0.05) is 47.1 Å². The van der Waals surface area contributed by atoms with Crippen LogP contribution in [0.4, 0.5) is 0 Å². The molecule has 2 rings (SSSR count). The van der Waals surface area contributed by atoms with Gasteiger partial charge in [-0.2, -0.15) is 0 Å². The van der Waals surface area contributed by atoms with E-state index in [0.717, 1.165) is 5.56 Å². The Hall–Kier alpha value is -0.620. The Kier molecular flexibility index (Phi) is 4.78. The quantitative estimate of drug-likeness (QED) is 0.487. The molecule has 1 heterocycles. The molecule has 2 N–H and O–H groups in total. The second-order valence-electron chi connectivity index (χ2n) is 3.49. The summed E-state index contributed by atoms with van der Waals surface area (Å²) in [7, 11) is -4.61. The standard InChI is InChI=1S/C10H9O6P.Na/c1-6-4-10(11)15-9-5-7(2-3-8(6)9)16-17(12,13)14;/h2-5H,1H3,(H2,12,13,14);. The first-order valence-corrected chi connectivity index (χ1v) is 6.18. The van der Waals surface area contributed by atoms with Crippen molar-refractivity contribution in [2.45, 2.75) is 6.92 Å². The second-order valence-corrected chi connectivity index (χ2v) is 4.65. The van der Waals surface area contributed by atoms with Gasteiger partial charge in [0.15, 0.2) is 0 Å². The molecule has 0 spiro atoms. The van der Waals surface area contributed by atoms with Gasteiger partial charge in [0.2, 0.25) is 0 Å². The third-order valence-corrected chi connectivity index (χ3v) is 2.60. The smallest absolute Gasteiger partial charge is 0.423 e. The van der Waals surface area contributed by atoms with E-state index in [2.05, 4.69) is 4.52 Å². The van der Waals surface area contributed by atoms with Crippen molar-refractivity contribution in [1.82, 2.24) is 0 Å². The zero-order valence-electron chi connectivity index (χ0n) is 9.78. The van der Waals surface area contributed by atoms with E-state index in [1.165, 1.54) is 18.2 Å². The average molecular weight is 279 g/mol. The minimum atomic E-state index is -4.61. The molecule has 6 nitrogen and oxygen atoms in total. The molecule has 0 saturated carbocycles. The van der Waals surface area contributed by atoms with Crippen molar-refractivity contribution < 1.29 is 23.3 Å². The topological polar surface area (TPSA) is 97.0 Å². The number of hydrogen-bond acceptors (Lipinski definition) is 4. The van der Waals surface area contributed by atoms with E-state index in [4.69, 9.17) is 14.2 Å². The molecule has 2 aromatic rings. The van der Waals surface area contributed by atoms with E-state index >= 15 is 0 Å². The van der Waals surface area contributed by atoms with Crippen molar-refractivity contribution in [3.8, 4) is 5.75 Å². The molecule has 0 fully saturated rings. The number of phosphoric ester groups is 1. The van der Waals surface area contributed by atoms with Gasteiger partial charge in [-0.25, -0.2) is 9.36 Å². The minimum Gasteiger partial charge on any atom is -0.423 e. The molecule has 0 unspecified atom stereocenters. The summed E-state index contributed by atoms with van der Waals surface area (Å²) in [6, 6.07) is 5.57. The van der Waals surface area contributed by atoms with Crippen molar-refractivity contribution in [2.75, 3.05) is 0 Å². The van der Waals surface area contributed by atoms with Crippen molar-refractivity contribution >= 4 is 48.3 Å². The molecular weight excluding hydrogens is 270 g/mol. The van der Waals surface area contributed by atoms with Gasteiger partial charge in [-0.1, -0.05) is 0 Å².